The van der Waals surface area contributed by atoms with E-state index >= 15 is 0 Å². The van der Waals surface area contributed by atoms with Crippen molar-refractivity contribution in [2.75, 3.05) is 5.32 Å². The SMILES string of the molecule is Cc1ccc(NC(=S)NCc2c(C)nn(-c3ccccc3)c2C)cc1C. The average Bonchev–Trinajstić information content (AvgIpc) is 2.91. The number of hydrogen-bond donors (Lipinski definition) is 2. The molecule has 1 aromatic heterocycles. The number of thiocarbonyl (C=S) groups is 1. The summed E-state index contributed by atoms with van der Waals surface area (Å²) in [5.74, 6) is 0. The van der Waals surface area contributed by atoms with E-state index in [9.17, 15) is 0 Å². The predicted octanol–water partition coefficient (Wildman–Crippen LogP) is 4.59. The van der Waals surface area contributed by atoms with Gasteiger partial charge in [0.2, 0.25) is 0 Å². The van der Waals surface area contributed by atoms with Crippen LogP contribution in [-0.2, 0) is 6.54 Å². The van der Waals surface area contributed by atoms with Gasteiger partial charge >= 0.3 is 0 Å². The molecule has 3 aromatic rings. The smallest absolute Gasteiger partial charge is 0.171 e. The number of aromatic nitrogens is 2. The highest BCUT2D eigenvalue weighted by Crippen LogP contribution is 2.18. The Morgan fingerprint density at radius 3 is 2.42 bits per heavy atom. The third kappa shape index (κ3) is 3.94. The fourth-order valence-corrected chi connectivity index (χ4v) is 3.10. The van der Waals surface area contributed by atoms with Crippen molar-refractivity contribution >= 4 is 23.0 Å². The summed E-state index contributed by atoms with van der Waals surface area (Å²) in [6, 6.07) is 16.4. The van der Waals surface area contributed by atoms with Crippen molar-refractivity contribution in [3.63, 3.8) is 0 Å². The summed E-state index contributed by atoms with van der Waals surface area (Å²) in [6.45, 7) is 8.96. The third-order valence-corrected chi connectivity index (χ3v) is 4.88. The van der Waals surface area contributed by atoms with E-state index in [-0.39, 0.29) is 0 Å². The van der Waals surface area contributed by atoms with Crippen molar-refractivity contribution in [2.24, 2.45) is 0 Å². The third-order valence-electron chi connectivity index (χ3n) is 4.63. The number of benzene rings is 2. The topological polar surface area (TPSA) is 41.9 Å². The molecule has 0 aliphatic carbocycles. The molecule has 0 radical (unpaired) electrons. The van der Waals surface area contributed by atoms with Gasteiger partial charge in [0.1, 0.15) is 0 Å². The standard InChI is InChI=1S/C21H24N4S/c1-14-10-11-18(12-15(14)2)23-21(26)22-13-20-16(3)24-25(17(20)4)19-8-6-5-7-9-19/h5-12H,13H2,1-4H3,(H2,22,23,26). The minimum Gasteiger partial charge on any atom is -0.358 e. The van der Waals surface area contributed by atoms with Gasteiger partial charge in [0.25, 0.3) is 0 Å². The van der Waals surface area contributed by atoms with Crippen LogP contribution in [0.15, 0.2) is 48.5 Å². The highest BCUT2D eigenvalue weighted by molar-refractivity contribution is 7.80. The molecule has 26 heavy (non-hydrogen) atoms. The van der Waals surface area contributed by atoms with Crippen LogP contribution in [0.25, 0.3) is 5.69 Å². The van der Waals surface area contributed by atoms with Gasteiger partial charge in [0, 0.05) is 23.5 Å². The van der Waals surface area contributed by atoms with E-state index in [1.807, 2.05) is 35.9 Å². The number of rotatable bonds is 4. The lowest BCUT2D eigenvalue weighted by Crippen LogP contribution is -2.28. The largest absolute Gasteiger partial charge is 0.358 e. The molecule has 0 unspecified atom stereocenters. The first-order valence-corrected chi connectivity index (χ1v) is 9.09. The van der Waals surface area contributed by atoms with E-state index in [1.165, 1.54) is 11.1 Å². The number of nitrogens with one attached hydrogen (secondary N) is 2. The average molecular weight is 365 g/mol. The number of anilines is 1. The summed E-state index contributed by atoms with van der Waals surface area (Å²) in [6.07, 6.45) is 0. The lowest BCUT2D eigenvalue weighted by atomic mass is 10.1. The highest BCUT2D eigenvalue weighted by atomic mass is 32.1. The minimum atomic E-state index is 0.611. The molecular weight excluding hydrogens is 340 g/mol. The zero-order chi connectivity index (χ0) is 18.7. The first-order chi connectivity index (χ1) is 12.5. The van der Waals surface area contributed by atoms with Crippen LogP contribution in [0.2, 0.25) is 0 Å². The molecule has 0 aliphatic rings. The van der Waals surface area contributed by atoms with Gasteiger partial charge in [-0.3, -0.25) is 0 Å². The van der Waals surface area contributed by atoms with Crippen molar-refractivity contribution in [3.05, 3.63) is 76.6 Å². The highest BCUT2D eigenvalue weighted by Gasteiger charge is 2.13. The summed E-state index contributed by atoms with van der Waals surface area (Å²) in [5, 5.41) is 11.8. The number of aryl methyl sites for hydroxylation is 3. The van der Waals surface area contributed by atoms with Crippen molar-refractivity contribution in [3.8, 4) is 5.69 Å². The van der Waals surface area contributed by atoms with E-state index in [0.29, 0.717) is 11.7 Å². The zero-order valence-corrected chi connectivity index (χ0v) is 16.4. The Balaban J connectivity index is 1.69. The van der Waals surface area contributed by atoms with Gasteiger partial charge in [-0.1, -0.05) is 24.3 Å². The molecule has 5 heteroatoms. The van der Waals surface area contributed by atoms with Crippen molar-refractivity contribution in [2.45, 2.75) is 34.2 Å². The molecule has 0 bridgehead atoms. The van der Waals surface area contributed by atoms with Crippen molar-refractivity contribution in [1.82, 2.24) is 15.1 Å². The minimum absolute atomic E-state index is 0.611. The second-order valence-corrected chi connectivity index (χ2v) is 6.91. The monoisotopic (exact) mass is 364 g/mol. The predicted molar refractivity (Wildman–Crippen MR) is 112 cm³/mol. The van der Waals surface area contributed by atoms with E-state index < -0.39 is 0 Å². The van der Waals surface area contributed by atoms with Crippen LogP contribution in [0, 0.1) is 27.7 Å². The summed E-state index contributed by atoms with van der Waals surface area (Å²) in [5.41, 5.74) is 7.87. The van der Waals surface area contributed by atoms with Crippen molar-refractivity contribution < 1.29 is 0 Å². The normalized spacial score (nSPS) is 10.6. The maximum absolute atomic E-state index is 5.45. The second-order valence-electron chi connectivity index (χ2n) is 6.50. The molecule has 4 nitrogen and oxygen atoms in total. The summed E-state index contributed by atoms with van der Waals surface area (Å²) >= 11 is 5.45. The lowest BCUT2D eigenvalue weighted by Gasteiger charge is -2.12. The quantitative estimate of drug-likeness (QED) is 0.664. The number of para-hydroxylation sites is 1. The Morgan fingerprint density at radius 1 is 1.00 bits per heavy atom. The van der Waals surface area contributed by atoms with Crippen LogP contribution in [0.5, 0.6) is 0 Å². The Labute approximate surface area is 160 Å². The van der Waals surface area contributed by atoms with Gasteiger partial charge in [0.05, 0.1) is 11.4 Å². The maximum Gasteiger partial charge on any atom is 0.171 e. The van der Waals surface area contributed by atoms with Crippen molar-refractivity contribution in [1.29, 1.82) is 0 Å². The second kappa shape index (κ2) is 7.70. The van der Waals surface area contributed by atoms with E-state index in [4.69, 9.17) is 12.2 Å². The molecule has 0 saturated heterocycles. The fourth-order valence-electron chi connectivity index (χ4n) is 2.91. The van der Waals surface area contributed by atoms with Crippen LogP contribution >= 0.6 is 12.2 Å². The number of hydrogen-bond acceptors (Lipinski definition) is 2. The molecule has 0 amide bonds. The van der Waals surface area contributed by atoms with Crippen LogP contribution in [-0.4, -0.2) is 14.9 Å². The molecule has 0 saturated carbocycles. The molecule has 2 N–H and O–H groups in total. The molecule has 0 aliphatic heterocycles. The molecule has 0 fully saturated rings. The lowest BCUT2D eigenvalue weighted by molar-refractivity contribution is 0.830. The van der Waals surface area contributed by atoms with Gasteiger partial charge in [-0.05, 0) is 75.3 Å². The summed E-state index contributed by atoms with van der Waals surface area (Å²) < 4.78 is 1.98. The Hall–Kier alpha value is -2.66. The van der Waals surface area contributed by atoms with Gasteiger partial charge < -0.3 is 10.6 Å². The maximum atomic E-state index is 5.45. The fraction of sp³-hybridized carbons (Fsp3) is 0.238. The van der Waals surface area contributed by atoms with Gasteiger partial charge in [0.15, 0.2) is 5.11 Å². The van der Waals surface area contributed by atoms with E-state index in [0.717, 1.165) is 28.3 Å². The van der Waals surface area contributed by atoms with E-state index in [1.54, 1.807) is 0 Å². The molecule has 2 aromatic carbocycles. The Morgan fingerprint density at radius 2 is 1.73 bits per heavy atom. The Kier molecular flexibility index (Phi) is 5.38. The van der Waals surface area contributed by atoms with Gasteiger partial charge in [-0.2, -0.15) is 5.10 Å². The Bertz CT molecular complexity index is 929. The molecule has 1 heterocycles. The van der Waals surface area contributed by atoms with Gasteiger partial charge in [-0.25, -0.2) is 4.68 Å². The van der Waals surface area contributed by atoms with Crippen LogP contribution in [0.3, 0.4) is 0 Å². The zero-order valence-electron chi connectivity index (χ0n) is 15.6. The molecule has 3 rings (SSSR count). The summed E-state index contributed by atoms with van der Waals surface area (Å²) in [4.78, 5) is 0. The molecule has 134 valence electrons. The van der Waals surface area contributed by atoms with Gasteiger partial charge in [-0.15, -0.1) is 0 Å². The molecule has 0 spiro atoms. The van der Waals surface area contributed by atoms with Crippen LogP contribution in [0.4, 0.5) is 5.69 Å². The van der Waals surface area contributed by atoms with E-state index in [2.05, 4.69) is 60.8 Å². The first-order valence-electron chi connectivity index (χ1n) is 8.68. The number of nitrogens with zero attached hydrogens (tertiary/aromatic N) is 2. The summed E-state index contributed by atoms with van der Waals surface area (Å²) in [7, 11) is 0. The molecular formula is C21H24N4S. The first kappa shape index (κ1) is 18.1. The molecule has 0 atom stereocenters. The van der Waals surface area contributed by atoms with Crippen LogP contribution < -0.4 is 10.6 Å². The van der Waals surface area contributed by atoms with Crippen LogP contribution in [0.1, 0.15) is 28.1 Å².